The molecule has 178 valence electrons. The zero-order chi connectivity index (χ0) is 24.3. The van der Waals surface area contributed by atoms with E-state index in [1.54, 1.807) is 29.2 Å². The average Bonchev–Trinajstić information content (AvgIpc) is 2.86. The number of thioether (sulfide) groups is 1. The van der Waals surface area contributed by atoms with Crippen molar-refractivity contribution >= 4 is 46.8 Å². The second kappa shape index (κ2) is 13.4. The Bertz CT molecular complexity index is 1060. The number of carbonyl (C=O) groups is 2. The van der Waals surface area contributed by atoms with E-state index in [-0.39, 0.29) is 17.6 Å². The van der Waals surface area contributed by atoms with Gasteiger partial charge in [-0.1, -0.05) is 72.6 Å². The Hall–Kier alpha value is -2.47. The van der Waals surface area contributed by atoms with Crippen molar-refractivity contribution in [2.75, 3.05) is 12.3 Å². The third-order valence-corrected chi connectivity index (χ3v) is 6.76. The maximum Gasteiger partial charge on any atom is 0.243 e. The van der Waals surface area contributed by atoms with E-state index in [0.29, 0.717) is 29.6 Å². The number of hydrogen-bond donors (Lipinski definition) is 1. The molecule has 0 heterocycles. The summed E-state index contributed by atoms with van der Waals surface area (Å²) in [7, 11) is 0. The molecule has 0 aromatic heterocycles. The van der Waals surface area contributed by atoms with Gasteiger partial charge in [0, 0.05) is 34.5 Å². The number of rotatable bonds is 11. The topological polar surface area (TPSA) is 49.4 Å². The molecule has 3 aromatic carbocycles. The van der Waals surface area contributed by atoms with Crippen LogP contribution in [-0.4, -0.2) is 35.1 Å². The Labute approximate surface area is 215 Å². The highest BCUT2D eigenvalue weighted by molar-refractivity contribution is 8.00. The van der Waals surface area contributed by atoms with Crippen LogP contribution in [0, 0.1) is 0 Å². The number of amides is 2. The van der Waals surface area contributed by atoms with Crippen molar-refractivity contribution < 1.29 is 9.59 Å². The number of nitrogens with one attached hydrogen (secondary N) is 1. The predicted octanol–water partition coefficient (Wildman–Crippen LogP) is 6.25. The molecule has 34 heavy (non-hydrogen) atoms. The molecule has 1 atom stereocenters. The molecule has 0 saturated heterocycles. The van der Waals surface area contributed by atoms with E-state index in [4.69, 9.17) is 23.2 Å². The molecular formula is C27H28Cl2N2O2S. The van der Waals surface area contributed by atoms with Gasteiger partial charge in [-0.2, -0.15) is 0 Å². The molecule has 0 saturated carbocycles. The summed E-state index contributed by atoms with van der Waals surface area (Å²) in [5, 5.41) is 4.26. The fourth-order valence-electron chi connectivity index (χ4n) is 3.47. The Balaban J connectivity index is 1.87. The SMILES string of the molecule is CCCNC(=O)[C@@H](Cc1ccccc1)N(Cc1ccc(Cl)cc1)C(=O)CSc1ccc(Cl)cc1. The second-order valence-electron chi connectivity index (χ2n) is 7.89. The minimum absolute atomic E-state index is 0.109. The van der Waals surface area contributed by atoms with Gasteiger partial charge in [0.15, 0.2) is 0 Å². The molecule has 0 bridgehead atoms. The summed E-state index contributed by atoms with van der Waals surface area (Å²) in [6, 6.07) is 23.9. The minimum atomic E-state index is -0.636. The van der Waals surface area contributed by atoms with E-state index in [2.05, 4.69) is 5.32 Å². The smallest absolute Gasteiger partial charge is 0.243 e. The highest BCUT2D eigenvalue weighted by atomic mass is 35.5. The highest BCUT2D eigenvalue weighted by Gasteiger charge is 2.30. The Kier molecular flexibility index (Phi) is 10.3. The number of hydrogen-bond acceptors (Lipinski definition) is 3. The fourth-order valence-corrected chi connectivity index (χ4v) is 4.50. The summed E-state index contributed by atoms with van der Waals surface area (Å²) in [4.78, 5) is 29.4. The molecule has 3 aromatic rings. The number of halogens is 2. The van der Waals surface area contributed by atoms with Gasteiger partial charge in [-0.25, -0.2) is 0 Å². The first-order chi connectivity index (χ1) is 16.5. The van der Waals surface area contributed by atoms with Gasteiger partial charge in [0.25, 0.3) is 0 Å². The highest BCUT2D eigenvalue weighted by Crippen LogP contribution is 2.23. The van der Waals surface area contributed by atoms with Gasteiger partial charge in [0.2, 0.25) is 11.8 Å². The molecule has 2 amide bonds. The molecule has 0 aliphatic rings. The summed E-state index contributed by atoms with van der Waals surface area (Å²) in [6.45, 7) is 2.88. The van der Waals surface area contributed by atoms with Crippen molar-refractivity contribution in [2.45, 2.75) is 37.2 Å². The van der Waals surface area contributed by atoms with Crippen LogP contribution in [0.2, 0.25) is 10.0 Å². The first kappa shape index (κ1) is 26.1. The van der Waals surface area contributed by atoms with Crippen molar-refractivity contribution in [3.8, 4) is 0 Å². The lowest BCUT2D eigenvalue weighted by Gasteiger charge is -2.31. The van der Waals surface area contributed by atoms with Gasteiger partial charge in [-0.05, 0) is 53.9 Å². The number of nitrogens with zero attached hydrogens (tertiary/aromatic N) is 1. The molecule has 0 fully saturated rings. The molecule has 0 aliphatic heterocycles. The standard InChI is InChI=1S/C27H28Cl2N2O2S/c1-2-16-30-27(33)25(17-20-6-4-3-5-7-20)31(18-21-8-10-22(28)11-9-21)26(32)19-34-24-14-12-23(29)13-15-24/h3-15,25H,2,16-19H2,1H3,(H,30,33)/t25-/m1/s1. The predicted molar refractivity (Wildman–Crippen MR) is 141 cm³/mol. The molecule has 3 rings (SSSR count). The molecular weight excluding hydrogens is 487 g/mol. The minimum Gasteiger partial charge on any atom is -0.354 e. The monoisotopic (exact) mass is 514 g/mol. The Morgan fingerprint density at radius 2 is 1.50 bits per heavy atom. The Morgan fingerprint density at radius 1 is 0.882 bits per heavy atom. The summed E-state index contributed by atoms with van der Waals surface area (Å²) in [6.07, 6.45) is 1.25. The lowest BCUT2D eigenvalue weighted by molar-refractivity contribution is -0.139. The van der Waals surface area contributed by atoms with Crippen molar-refractivity contribution in [3.63, 3.8) is 0 Å². The number of carbonyl (C=O) groups excluding carboxylic acids is 2. The van der Waals surface area contributed by atoms with E-state index in [1.165, 1.54) is 11.8 Å². The van der Waals surface area contributed by atoms with Crippen molar-refractivity contribution in [1.82, 2.24) is 10.2 Å². The van der Waals surface area contributed by atoms with Crippen molar-refractivity contribution in [2.24, 2.45) is 0 Å². The van der Waals surface area contributed by atoms with Crippen molar-refractivity contribution in [3.05, 3.63) is 100 Å². The van der Waals surface area contributed by atoms with Crippen LogP contribution in [0.25, 0.3) is 0 Å². The summed E-state index contributed by atoms with van der Waals surface area (Å²) in [5.41, 5.74) is 1.91. The van der Waals surface area contributed by atoms with E-state index < -0.39 is 6.04 Å². The van der Waals surface area contributed by atoms with E-state index in [9.17, 15) is 9.59 Å². The molecule has 1 N–H and O–H groups in total. The third kappa shape index (κ3) is 8.08. The molecule has 0 aliphatic carbocycles. The molecule has 0 radical (unpaired) electrons. The molecule has 0 unspecified atom stereocenters. The maximum absolute atomic E-state index is 13.5. The first-order valence-electron chi connectivity index (χ1n) is 11.2. The van der Waals surface area contributed by atoms with Crippen LogP contribution in [0.1, 0.15) is 24.5 Å². The zero-order valence-corrected chi connectivity index (χ0v) is 21.4. The quantitative estimate of drug-likeness (QED) is 0.307. The van der Waals surface area contributed by atoms with E-state index in [1.807, 2.05) is 61.5 Å². The van der Waals surface area contributed by atoms with Crippen LogP contribution < -0.4 is 5.32 Å². The van der Waals surface area contributed by atoms with E-state index >= 15 is 0 Å². The van der Waals surface area contributed by atoms with Gasteiger partial charge in [0.1, 0.15) is 6.04 Å². The largest absolute Gasteiger partial charge is 0.354 e. The third-order valence-electron chi connectivity index (χ3n) is 5.26. The van der Waals surface area contributed by atoms with Gasteiger partial charge < -0.3 is 10.2 Å². The van der Waals surface area contributed by atoms with Crippen molar-refractivity contribution in [1.29, 1.82) is 0 Å². The van der Waals surface area contributed by atoms with Crippen LogP contribution in [0.3, 0.4) is 0 Å². The summed E-state index contributed by atoms with van der Waals surface area (Å²) in [5.74, 6) is -0.0475. The van der Waals surface area contributed by atoms with Crippen LogP contribution in [0.15, 0.2) is 83.8 Å². The summed E-state index contributed by atoms with van der Waals surface area (Å²) >= 11 is 13.5. The lowest BCUT2D eigenvalue weighted by atomic mass is 10.0. The molecule has 0 spiro atoms. The Morgan fingerprint density at radius 3 is 2.12 bits per heavy atom. The number of benzene rings is 3. The van der Waals surface area contributed by atoms with Gasteiger partial charge in [-0.3, -0.25) is 9.59 Å². The van der Waals surface area contributed by atoms with Crippen LogP contribution in [-0.2, 0) is 22.6 Å². The molecule has 4 nitrogen and oxygen atoms in total. The van der Waals surface area contributed by atoms with Gasteiger partial charge >= 0.3 is 0 Å². The second-order valence-corrected chi connectivity index (χ2v) is 9.81. The fraction of sp³-hybridized carbons (Fsp3) is 0.259. The molecule has 7 heteroatoms. The first-order valence-corrected chi connectivity index (χ1v) is 12.9. The lowest BCUT2D eigenvalue weighted by Crippen LogP contribution is -2.51. The normalized spacial score (nSPS) is 11.6. The van der Waals surface area contributed by atoms with E-state index in [0.717, 1.165) is 22.4 Å². The van der Waals surface area contributed by atoms with Crippen LogP contribution >= 0.6 is 35.0 Å². The van der Waals surface area contributed by atoms with Crippen LogP contribution in [0.4, 0.5) is 0 Å². The summed E-state index contributed by atoms with van der Waals surface area (Å²) < 4.78 is 0. The zero-order valence-electron chi connectivity index (χ0n) is 19.0. The maximum atomic E-state index is 13.5. The van der Waals surface area contributed by atoms with Gasteiger partial charge in [0.05, 0.1) is 5.75 Å². The van der Waals surface area contributed by atoms with Crippen LogP contribution in [0.5, 0.6) is 0 Å². The van der Waals surface area contributed by atoms with Gasteiger partial charge in [-0.15, -0.1) is 11.8 Å². The average molecular weight is 516 g/mol.